The Kier molecular flexibility index (Phi) is 4.02. The van der Waals surface area contributed by atoms with Gasteiger partial charge in [-0.05, 0) is 62.4 Å². The minimum atomic E-state index is -0.332. The summed E-state index contributed by atoms with van der Waals surface area (Å²) in [4.78, 5) is 12.0. The molecule has 0 radical (unpaired) electrons. The van der Waals surface area contributed by atoms with Gasteiger partial charge in [0.2, 0.25) is 0 Å². The number of aryl methyl sites for hydroxylation is 1. The first-order valence-electron chi connectivity index (χ1n) is 10.1. The highest BCUT2D eigenvalue weighted by atomic mass is 16.5. The highest BCUT2D eigenvalue weighted by molar-refractivity contribution is 5.89. The first-order valence-corrected chi connectivity index (χ1v) is 10.1. The lowest BCUT2D eigenvalue weighted by molar-refractivity contribution is -0.161. The Bertz CT molecular complexity index is 932. The molecule has 0 saturated carbocycles. The number of esters is 1. The highest BCUT2D eigenvalue weighted by Gasteiger charge is 2.51. The van der Waals surface area contributed by atoms with Gasteiger partial charge >= 0.3 is 5.97 Å². The maximum absolute atomic E-state index is 12.0. The molecule has 3 aliphatic rings. The third kappa shape index (κ3) is 2.66. The van der Waals surface area contributed by atoms with Crippen LogP contribution in [0.1, 0.15) is 65.8 Å². The molecule has 0 unspecified atom stereocenters. The zero-order chi connectivity index (χ0) is 19.5. The third-order valence-electron chi connectivity index (χ3n) is 6.80. The lowest BCUT2D eigenvalue weighted by Gasteiger charge is -2.52. The average Bonchev–Trinajstić information content (AvgIpc) is 2.71. The van der Waals surface area contributed by atoms with Crippen LogP contribution in [0.15, 0.2) is 42.5 Å². The largest absolute Gasteiger partial charge is 0.487 e. The van der Waals surface area contributed by atoms with Crippen molar-refractivity contribution in [2.75, 3.05) is 7.11 Å². The lowest BCUT2D eigenvalue weighted by Crippen LogP contribution is -2.51. The first-order chi connectivity index (χ1) is 13.5. The van der Waals surface area contributed by atoms with Gasteiger partial charge in [0, 0.05) is 17.4 Å². The van der Waals surface area contributed by atoms with Gasteiger partial charge in [-0.15, -0.1) is 0 Å². The number of hydrogen-bond acceptors (Lipinski definition) is 4. The van der Waals surface area contributed by atoms with Crippen LogP contribution in [0.2, 0.25) is 0 Å². The molecule has 28 heavy (non-hydrogen) atoms. The predicted octanol–water partition coefficient (Wildman–Crippen LogP) is 4.82. The van der Waals surface area contributed by atoms with E-state index >= 15 is 0 Å². The van der Waals surface area contributed by atoms with E-state index in [0.717, 1.165) is 30.6 Å². The Morgan fingerprint density at radius 3 is 2.79 bits per heavy atom. The van der Waals surface area contributed by atoms with Crippen LogP contribution in [0, 0.1) is 5.92 Å². The van der Waals surface area contributed by atoms with Gasteiger partial charge in [0.25, 0.3) is 0 Å². The summed E-state index contributed by atoms with van der Waals surface area (Å²) in [6.07, 6.45) is 3.28. The van der Waals surface area contributed by atoms with E-state index in [1.807, 2.05) is 12.1 Å². The van der Waals surface area contributed by atoms with E-state index < -0.39 is 0 Å². The summed E-state index contributed by atoms with van der Waals surface area (Å²) < 4.78 is 18.1. The second-order valence-electron chi connectivity index (χ2n) is 8.73. The summed E-state index contributed by atoms with van der Waals surface area (Å²) >= 11 is 0. The SMILES string of the molecule is COC(=O)c1ccc2c(c1)[C@H]1O[C@H]3CCc4ccccc4[C@H]3C[C@@H]1C(C)(C)O2. The number of carbonyl (C=O) groups is 1. The molecule has 1 aliphatic carbocycles. The van der Waals surface area contributed by atoms with Crippen LogP contribution >= 0.6 is 0 Å². The molecule has 2 aromatic rings. The van der Waals surface area contributed by atoms with Crippen LogP contribution in [-0.2, 0) is 15.9 Å². The minimum Gasteiger partial charge on any atom is -0.487 e. The molecule has 146 valence electrons. The number of ether oxygens (including phenoxy) is 3. The quantitative estimate of drug-likeness (QED) is 0.668. The van der Waals surface area contributed by atoms with Gasteiger partial charge in [0.15, 0.2) is 0 Å². The number of carbonyl (C=O) groups excluding carboxylic acids is 1. The molecule has 1 fully saturated rings. The average molecular weight is 378 g/mol. The van der Waals surface area contributed by atoms with Crippen molar-refractivity contribution in [2.45, 2.75) is 56.8 Å². The van der Waals surface area contributed by atoms with E-state index in [1.54, 1.807) is 6.07 Å². The Balaban J connectivity index is 1.55. The molecule has 0 amide bonds. The summed E-state index contributed by atoms with van der Waals surface area (Å²) in [6.45, 7) is 4.31. The summed E-state index contributed by atoms with van der Waals surface area (Å²) in [7, 11) is 1.41. The highest BCUT2D eigenvalue weighted by Crippen LogP contribution is 2.55. The molecule has 2 heterocycles. The fourth-order valence-electron chi connectivity index (χ4n) is 5.35. The van der Waals surface area contributed by atoms with E-state index in [2.05, 4.69) is 38.1 Å². The summed E-state index contributed by atoms with van der Waals surface area (Å²) in [5.41, 5.74) is 4.07. The van der Waals surface area contributed by atoms with Gasteiger partial charge in [-0.1, -0.05) is 24.3 Å². The minimum absolute atomic E-state index is 0.0603. The van der Waals surface area contributed by atoms with Crippen molar-refractivity contribution in [3.8, 4) is 5.75 Å². The van der Waals surface area contributed by atoms with Crippen molar-refractivity contribution in [2.24, 2.45) is 5.92 Å². The second-order valence-corrected chi connectivity index (χ2v) is 8.73. The Morgan fingerprint density at radius 1 is 1.14 bits per heavy atom. The van der Waals surface area contributed by atoms with E-state index in [0.29, 0.717) is 11.5 Å². The topological polar surface area (TPSA) is 44.8 Å². The zero-order valence-electron chi connectivity index (χ0n) is 16.6. The molecule has 4 atom stereocenters. The van der Waals surface area contributed by atoms with Gasteiger partial charge in [-0.3, -0.25) is 0 Å². The standard InChI is InChI=1S/C24H26O4/c1-24(2)19-13-17-16-7-5-4-6-14(16)8-10-20(17)27-22(19)18-12-15(23(25)26-3)9-11-21(18)28-24/h4-7,9,11-12,17,19-20,22H,8,10,13H2,1-3H3/t17-,19+,20+,22-/m1/s1. The van der Waals surface area contributed by atoms with Gasteiger partial charge in [-0.25, -0.2) is 4.79 Å². The second kappa shape index (κ2) is 6.35. The molecule has 4 heteroatoms. The van der Waals surface area contributed by atoms with Crippen LogP contribution in [0.4, 0.5) is 0 Å². The van der Waals surface area contributed by atoms with E-state index in [9.17, 15) is 4.79 Å². The van der Waals surface area contributed by atoms with Crippen molar-refractivity contribution in [3.05, 3.63) is 64.7 Å². The fourth-order valence-corrected chi connectivity index (χ4v) is 5.35. The molecule has 0 spiro atoms. The molecular weight excluding hydrogens is 352 g/mol. The van der Waals surface area contributed by atoms with Crippen molar-refractivity contribution in [1.82, 2.24) is 0 Å². The van der Waals surface area contributed by atoms with Crippen LogP contribution < -0.4 is 4.74 Å². The van der Waals surface area contributed by atoms with E-state index in [-0.39, 0.29) is 29.7 Å². The molecule has 5 rings (SSSR count). The van der Waals surface area contributed by atoms with Crippen molar-refractivity contribution in [1.29, 1.82) is 0 Å². The molecule has 0 N–H and O–H groups in total. The fraction of sp³-hybridized carbons (Fsp3) is 0.458. The predicted molar refractivity (Wildman–Crippen MR) is 106 cm³/mol. The number of rotatable bonds is 1. The third-order valence-corrected chi connectivity index (χ3v) is 6.80. The summed E-state index contributed by atoms with van der Waals surface area (Å²) in [5, 5.41) is 0. The molecule has 1 saturated heterocycles. The normalized spacial score (nSPS) is 29.4. The van der Waals surface area contributed by atoms with E-state index in [4.69, 9.17) is 14.2 Å². The van der Waals surface area contributed by atoms with Crippen LogP contribution in [0.5, 0.6) is 5.75 Å². The monoisotopic (exact) mass is 378 g/mol. The first kappa shape index (κ1) is 17.7. The zero-order valence-corrected chi connectivity index (χ0v) is 16.6. The van der Waals surface area contributed by atoms with Gasteiger partial charge in [0.05, 0.1) is 24.9 Å². The molecule has 0 bridgehead atoms. The van der Waals surface area contributed by atoms with Crippen molar-refractivity contribution < 1.29 is 19.0 Å². The number of hydrogen-bond donors (Lipinski definition) is 0. The van der Waals surface area contributed by atoms with Gasteiger partial charge in [0.1, 0.15) is 11.4 Å². The van der Waals surface area contributed by atoms with Crippen molar-refractivity contribution >= 4 is 5.97 Å². The Hall–Kier alpha value is -2.33. The molecule has 0 aromatic heterocycles. The van der Waals surface area contributed by atoms with Gasteiger partial charge in [-0.2, -0.15) is 0 Å². The van der Waals surface area contributed by atoms with E-state index in [1.165, 1.54) is 18.2 Å². The molecule has 2 aromatic carbocycles. The Morgan fingerprint density at radius 2 is 1.96 bits per heavy atom. The van der Waals surface area contributed by atoms with Gasteiger partial charge < -0.3 is 14.2 Å². The number of benzene rings is 2. The molecular formula is C24H26O4. The maximum Gasteiger partial charge on any atom is 0.337 e. The molecule has 4 nitrogen and oxygen atoms in total. The van der Waals surface area contributed by atoms with Crippen LogP contribution in [-0.4, -0.2) is 24.8 Å². The molecule has 2 aliphatic heterocycles. The smallest absolute Gasteiger partial charge is 0.337 e. The van der Waals surface area contributed by atoms with Crippen LogP contribution in [0.3, 0.4) is 0 Å². The van der Waals surface area contributed by atoms with Crippen molar-refractivity contribution in [3.63, 3.8) is 0 Å². The number of methoxy groups -OCH3 is 1. The summed E-state index contributed by atoms with van der Waals surface area (Å²) in [6, 6.07) is 14.3. The maximum atomic E-state index is 12.0. The lowest BCUT2D eigenvalue weighted by atomic mass is 9.67. The number of fused-ring (bicyclic) bond motifs is 6. The summed E-state index contributed by atoms with van der Waals surface area (Å²) in [5.74, 6) is 1.11. The van der Waals surface area contributed by atoms with Crippen LogP contribution in [0.25, 0.3) is 0 Å². The Labute approximate surface area is 165 Å².